The summed E-state index contributed by atoms with van der Waals surface area (Å²) < 4.78 is 5.49. The molecule has 2 rings (SSSR count). The van der Waals surface area contributed by atoms with Gasteiger partial charge in [0.15, 0.2) is 0 Å². The molecule has 0 aromatic carbocycles. The first-order chi connectivity index (χ1) is 11.9. The van der Waals surface area contributed by atoms with Crippen LogP contribution in [0, 0.1) is 11.8 Å². The topological polar surface area (TPSA) is 85.1 Å². The van der Waals surface area contributed by atoms with E-state index in [1.165, 1.54) is 18.2 Å². The molecule has 0 spiro atoms. The standard InChI is InChI=1S/C18H29N3O3S/c1-11(2)10-14(19-16(23)13-8-6-5-7-9-13)15(22)17-20-21-18(24-17)25-12(3)4/h11-14H,5-10H2,1-4H3,(H,19,23). The van der Waals surface area contributed by atoms with E-state index in [-0.39, 0.29) is 29.4 Å². The number of thioether (sulfide) groups is 1. The molecule has 1 N–H and O–H groups in total. The Balaban J connectivity index is 2.05. The molecule has 140 valence electrons. The zero-order valence-corrected chi connectivity index (χ0v) is 16.4. The fourth-order valence-corrected chi connectivity index (χ4v) is 3.68. The van der Waals surface area contributed by atoms with Crippen LogP contribution in [-0.4, -0.2) is 33.2 Å². The van der Waals surface area contributed by atoms with E-state index in [4.69, 9.17) is 4.42 Å². The molecule has 0 bridgehead atoms. The third-order valence-electron chi connectivity index (χ3n) is 4.27. The molecule has 1 atom stereocenters. The average molecular weight is 368 g/mol. The number of hydrogen-bond acceptors (Lipinski definition) is 6. The van der Waals surface area contributed by atoms with Crippen molar-refractivity contribution in [1.29, 1.82) is 0 Å². The second-order valence-electron chi connectivity index (χ2n) is 7.43. The maximum Gasteiger partial charge on any atom is 0.286 e. The highest BCUT2D eigenvalue weighted by molar-refractivity contribution is 7.99. The molecule has 6 nitrogen and oxygen atoms in total. The van der Waals surface area contributed by atoms with Crippen molar-refractivity contribution in [2.75, 3.05) is 0 Å². The van der Waals surface area contributed by atoms with Crippen LogP contribution >= 0.6 is 11.8 Å². The molecular formula is C18H29N3O3S. The molecular weight excluding hydrogens is 338 g/mol. The van der Waals surface area contributed by atoms with Gasteiger partial charge in [0.05, 0.1) is 6.04 Å². The molecule has 1 aromatic heterocycles. The van der Waals surface area contributed by atoms with E-state index in [9.17, 15) is 9.59 Å². The van der Waals surface area contributed by atoms with E-state index in [2.05, 4.69) is 15.5 Å². The van der Waals surface area contributed by atoms with Crippen molar-refractivity contribution >= 4 is 23.5 Å². The molecule has 0 radical (unpaired) electrons. The Morgan fingerprint density at radius 3 is 2.44 bits per heavy atom. The highest BCUT2D eigenvalue weighted by atomic mass is 32.2. The highest BCUT2D eigenvalue weighted by Crippen LogP contribution is 2.25. The maximum atomic E-state index is 12.8. The lowest BCUT2D eigenvalue weighted by atomic mass is 9.88. The number of hydrogen-bond donors (Lipinski definition) is 1. The average Bonchev–Trinajstić information content (AvgIpc) is 3.01. The van der Waals surface area contributed by atoms with Crippen LogP contribution in [0.4, 0.5) is 0 Å². The van der Waals surface area contributed by atoms with Gasteiger partial charge in [-0.15, -0.1) is 10.2 Å². The molecule has 1 aliphatic rings. The number of ketones is 1. The van der Waals surface area contributed by atoms with Crippen molar-refractivity contribution in [2.45, 2.75) is 82.7 Å². The van der Waals surface area contributed by atoms with Crippen molar-refractivity contribution < 1.29 is 14.0 Å². The molecule has 1 fully saturated rings. The molecule has 1 aliphatic carbocycles. The number of amides is 1. The summed E-state index contributed by atoms with van der Waals surface area (Å²) in [7, 11) is 0. The van der Waals surface area contributed by atoms with Gasteiger partial charge in [-0.3, -0.25) is 9.59 Å². The van der Waals surface area contributed by atoms with Gasteiger partial charge in [-0.05, 0) is 25.2 Å². The quantitative estimate of drug-likeness (QED) is 0.555. The van der Waals surface area contributed by atoms with Crippen molar-refractivity contribution in [3.63, 3.8) is 0 Å². The lowest BCUT2D eigenvalue weighted by Gasteiger charge is -2.24. The van der Waals surface area contributed by atoms with E-state index >= 15 is 0 Å². The Kier molecular flexibility index (Phi) is 7.47. The van der Waals surface area contributed by atoms with Gasteiger partial charge in [0.1, 0.15) is 0 Å². The molecule has 7 heteroatoms. The van der Waals surface area contributed by atoms with Crippen LogP contribution < -0.4 is 5.32 Å². The monoisotopic (exact) mass is 367 g/mol. The van der Waals surface area contributed by atoms with Gasteiger partial charge >= 0.3 is 0 Å². The molecule has 1 heterocycles. The van der Waals surface area contributed by atoms with Crippen LogP contribution in [0.1, 0.15) is 76.9 Å². The Bertz CT molecular complexity index is 580. The van der Waals surface area contributed by atoms with E-state index < -0.39 is 6.04 Å². The summed E-state index contributed by atoms with van der Waals surface area (Å²) in [4.78, 5) is 25.3. The smallest absolute Gasteiger partial charge is 0.286 e. The molecule has 0 saturated heterocycles. The normalized spacial score (nSPS) is 17.0. The summed E-state index contributed by atoms with van der Waals surface area (Å²) in [6, 6.07) is -0.605. The molecule has 25 heavy (non-hydrogen) atoms. The van der Waals surface area contributed by atoms with Crippen molar-refractivity contribution in [1.82, 2.24) is 15.5 Å². The summed E-state index contributed by atoms with van der Waals surface area (Å²) in [5.41, 5.74) is 0. The molecule has 1 saturated carbocycles. The third-order valence-corrected chi connectivity index (χ3v) is 5.11. The summed E-state index contributed by atoms with van der Waals surface area (Å²) in [6.45, 7) is 8.09. The largest absolute Gasteiger partial charge is 0.408 e. The first kappa shape index (κ1) is 19.9. The van der Waals surface area contributed by atoms with Crippen molar-refractivity contribution in [3.8, 4) is 0 Å². The number of carbonyl (C=O) groups excluding carboxylic acids is 2. The molecule has 0 aliphatic heterocycles. The second kappa shape index (κ2) is 9.36. The number of nitrogens with one attached hydrogen (secondary N) is 1. The van der Waals surface area contributed by atoms with Crippen LogP contribution in [0.2, 0.25) is 0 Å². The molecule has 1 aromatic rings. The summed E-state index contributed by atoms with van der Waals surface area (Å²) >= 11 is 1.42. The number of nitrogens with zero attached hydrogens (tertiary/aromatic N) is 2. The van der Waals surface area contributed by atoms with E-state index in [1.807, 2.05) is 27.7 Å². The number of aromatic nitrogens is 2. The van der Waals surface area contributed by atoms with Crippen molar-refractivity contribution in [3.05, 3.63) is 5.89 Å². The second-order valence-corrected chi connectivity index (χ2v) is 8.96. The third kappa shape index (κ3) is 6.13. The predicted octanol–water partition coefficient (Wildman–Crippen LogP) is 3.86. The number of rotatable bonds is 8. The molecule has 1 unspecified atom stereocenters. The Hall–Kier alpha value is -1.37. The van der Waals surface area contributed by atoms with Gasteiger partial charge in [-0.2, -0.15) is 0 Å². The Morgan fingerprint density at radius 2 is 1.84 bits per heavy atom. The zero-order valence-electron chi connectivity index (χ0n) is 15.6. The first-order valence-electron chi connectivity index (χ1n) is 9.21. The summed E-state index contributed by atoms with van der Waals surface area (Å²) in [5, 5.41) is 11.4. The van der Waals surface area contributed by atoms with E-state index in [0.29, 0.717) is 16.9 Å². The number of Topliss-reactive ketones (excluding diaryl/α,β-unsaturated/α-hetero) is 1. The fraction of sp³-hybridized carbons (Fsp3) is 0.778. The van der Waals surface area contributed by atoms with Crippen LogP contribution in [0.3, 0.4) is 0 Å². The van der Waals surface area contributed by atoms with Crippen LogP contribution in [0.15, 0.2) is 9.64 Å². The van der Waals surface area contributed by atoms with Gasteiger partial charge in [0.25, 0.3) is 11.1 Å². The summed E-state index contributed by atoms with van der Waals surface area (Å²) in [5.74, 6) is -0.0345. The van der Waals surface area contributed by atoms with Crippen molar-refractivity contribution in [2.24, 2.45) is 11.8 Å². The zero-order chi connectivity index (χ0) is 18.4. The first-order valence-corrected chi connectivity index (χ1v) is 10.1. The van der Waals surface area contributed by atoms with Crippen LogP contribution in [-0.2, 0) is 4.79 Å². The van der Waals surface area contributed by atoms with Gasteiger partial charge in [-0.25, -0.2) is 0 Å². The minimum atomic E-state index is -0.605. The van der Waals surface area contributed by atoms with Gasteiger partial charge in [0.2, 0.25) is 11.7 Å². The number of carbonyl (C=O) groups is 2. The lowest BCUT2D eigenvalue weighted by molar-refractivity contribution is -0.126. The fourth-order valence-electron chi connectivity index (χ4n) is 3.06. The maximum absolute atomic E-state index is 12.8. The van der Waals surface area contributed by atoms with E-state index in [0.717, 1.165) is 25.7 Å². The predicted molar refractivity (Wildman–Crippen MR) is 97.6 cm³/mol. The minimum absolute atomic E-state index is 0.0160. The minimum Gasteiger partial charge on any atom is -0.408 e. The SMILES string of the molecule is CC(C)CC(NC(=O)C1CCCCC1)C(=O)c1nnc(SC(C)C)o1. The van der Waals surface area contributed by atoms with Crippen LogP contribution in [0.5, 0.6) is 0 Å². The van der Waals surface area contributed by atoms with Gasteiger partial charge < -0.3 is 9.73 Å². The Morgan fingerprint density at radius 1 is 1.16 bits per heavy atom. The van der Waals surface area contributed by atoms with Gasteiger partial charge in [-0.1, -0.05) is 58.7 Å². The Labute approximate surface area is 153 Å². The van der Waals surface area contributed by atoms with Gasteiger partial charge in [0, 0.05) is 11.2 Å². The molecule has 1 amide bonds. The van der Waals surface area contributed by atoms with E-state index in [1.54, 1.807) is 0 Å². The summed E-state index contributed by atoms with van der Waals surface area (Å²) in [6.07, 6.45) is 5.73. The van der Waals surface area contributed by atoms with Crippen LogP contribution in [0.25, 0.3) is 0 Å². The highest BCUT2D eigenvalue weighted by Gasteiger charge is 2.30. The lowest BCUT2D eigenvalue weighted by Crippen LogP contribution is -2.45.